The number of guanidine groups is 1. The lowest BCUT2D eigenvalue weighted by atomic mass is 10.1. The van der Waals surface area contributed by atoms with Crippen LogP contribution in [0.1, 0.15) is 16.0 Å². The Bertz CT molecular complexity index is 796. The number of hydrogen-bond donors (Lipinski definition) is 2. The van der Waals surface area contributed by atoms with E-state index in [-0.39, 0.29) is 36.4 Å². The number of nitrogens with zero attached hydrogens (tertiary/aromatic N) is 2. The summed E-state index contributed by atoms with van der Waals surface area (Å²) in [6.45, 7) is 2.46. The third-order valence-electron chi connectivity index (χ3n) is 4.39. The lowest BCUT2D eigenvalue weighted by molar-refractivity contribution is -0.130. The first kappa shape index (κ1) is 22.0. The Morgan fingerprint density at radius 1 is 1.33 bits per heavy atom. The second-order valence-electron chi connectivity index (χ2n) is 6.17. The maximum atomic E-state index is 12.5. The number of fused-ring (bicyclic) bond motifs is 1. The molecule has 2 heterocycles. The van der Waals surface area contributed by atoms with Crippen molar-refractivity contribution in [3.8, 4) is 0 Å². The molecule has 1 aromatic heterocycles. The molecule has 1 aliphatic heterocycles. The quantitative estimate of drug-likeness (QED) is 0.363. The second kappa shape index (κ2) is 10.9. The highest BCUT2D eigenvalue weighted by atomic mass is 127. The van der Waals surface area contributed by atoms with Crippen molar-refractivity contribution in [1.29, 1.82) is 0 Å². The molecule has 8 heteroatoms. The number of thiophene rings is 1. The van der Waals surface area contributed by atoms with E-state index in [9.17, 15) is 4.79 Å². The number of hydrogen-bond acceptors (Lipinski definition) is 3. The number of halogens is 2. The van der Waals surface area contributed by atoms with Crippen LogP contribution in [-0.2, 0) is 24.2 Å². The standard InChI is InChI=1S/C19H23ClN4OS.HI/c1-21-19(22-8-5-14-3-2-4-16(20)11-14)23-12-18(25)24-9-6-17-15(13-24)7-10-26-17;/h2-4,7,10-11H,5-6,8-9,12-13H2,1H3,(H2,21,22,23);1H. The van der Waals surface area contributed by atoms with Crippen molar-refractivity contribution in [2.24, 2.45) is 4.99 Å². The first-order chi connectivity index (χ1) is 12.7. The normalized spacial score (nSPS) is 13.6. The van der Waals surface area contributed by atoms with Gasteiger partial charge in [0.2, 0.25) is 5.91 Å². The van der Waals surface area contributed by atoms with Gasteiger partial charge in [-0.25, -0.2) is 0 Å². The first-order valence-electron chi connectivity index (χ1n) is 8.67. The highest BCUT2D eigenvalue weighted by molar-refractivity contribution is 14.0. The van der Waals surface area contributed by atoms with Gasteiger partial charge in [0.25, 0.3) is 0 Å². The van der Waals surface area contributed by atoms with Crippen LogP contribution in [0.3, 0.4) is 0 Å². The summed E-state index contributed by atoms with van der Waals surface area (Å²) in [5.41, 5.74) is 2.44. The van der Waals surface area contributed by atoms with E-state index in [2.05, 4.69) is 27.1 Å². The van der Waals surface area contributed by atoms with Crippen LogP contribution in [0.25, 0.3) is 0 Å². The van der Waals surface area contributed by atoms with Gasteiger partial charge in [0.1, 0.15) is 0 Å². The van der Waals surface area contributed by atoms with Crippen LogP contribution in [0.5, 0.6) is 0 Å². The van der Waals surface area contributed by atoms with E-state index in [1.807, 2.05) is 29.2 Å². The largest absolute Gasteiger partial charge is 0.356 e. The van der Waals surface area contributed by atoms with Crippen LogP contribution in [0.15, 0.2) is 40.7 Å². The van der Waals surface area contributed by atoms with Crippen molar-refractivity contribution < 1.29 is 4.79 Å². The van der Waals surface area contributed by atoms with Crippen LogP contribution in [0, 0.1) is 0 Å². The number of amides is 1. The number of aliphatic imine (C=N–C) groups is 1. The Balaban J connectivity index is 0.00000261. The molecule has 0 saturated heterocycles. The van der Waals surface area contributed by atoms with E-state index in [1.165, 1.54) is 10.4 Å². The second-order valence-corrected chi connectivity index (χ2v) is 7.60. The molecule has 0 radical (unpaired) electrons. The summed E-state index contributed by atoms with van der Waals surface area (Å²) in [5, 5.41) is 9.18. The van der Waals surface area contributed by atoms with Crippen LogP contribution in [-0.4, -0.2) is 43.4 Å². The van der Waals surface area contributed by atoms with Gasteiger partial charge in [-0.3, -0.25) is 9.79 Å². The van der Waals surface area contributed by atoms with Gasteiger partial charge in [0, 0.05) is 36.6 Å². The monoisotopic (exact) mass is 518 g/mol. The summed E-state index contributed by atoms with van der Waals surface area (Å²) in [6, 6.07) is 9.93. The minimum absolute atomic E-state index is 0. The Labute approximate surface area is 186 Å². The molecular weight excluding hydrogens is 495 g/mol. The number of nitrogens with one attached hydrogen (secondary N) is 2. The van der Waals surface area contributed by atoms with E-state index in [0.717, 1.165) is 36.5 Å². The number of carbonyl (C=O) groups is 1. The molecule has 0 spiro atoms. The van der Waals surface area contributed by atoms with E-state index >= 15 is 0 Å². The van der Waals surface area contributed by atoms with Crippen molar-refractivity contribution >= 4 is 58.8 Å². The molecule has 5 nitrogen and oxygen atoms in total. The molecule has 0 saturated carbocycles. The van der Waals surface area contributed by atoms with Crippen molar-refractivity contribution in [2.75, 3.05) is 26.7 Å². The minimum atomic E-state index is 0. The zero-order valence-electron chi connectivity index (χ0n) is 15.2. The summed E-state index contributed by atoms with van der Waals surface area (Å²) >= 11 is 7.78. The van der Waals surface area contributed by atoms with Crippen LogP contribution in [0.2, 0.25) is 5.02 Å². The van der Waals surface area contributed by atoms with E-state index in [1.54, 1.807) is 18.4 Å². The molecule has 1 amide bonds. The molecule has 0 unspecified atom stereocenters. The average molecular weight is 519 g/mol. The van der Waals surface area contributed by atoms with Crippen molar-refractivity contribution in [3.05, 3.63) is 56.7 Å². The fourth-order valence-electron chi connectivity index (χ4n) is 2.97. The molecule has 146 valence electrons. The van der Waals surface area contributed by atoms with Gasteiger partial charge >= 0.3 is 0 Å². The van der Waals surface area contributed by atoms with Gasteiger partial charge in [-0.2, -0.15) is 0 Å². The summed E-state index contributed by atoms with van der Waals surface area (Å²) in [6.07, 6.45) is 1.79. The van der Waals surface area contributed by atoms with Crippen molar-refractivity contribution in [1.82, 2.24) is 15.5 Å². The van der Waals surface area contributed by atoms with Gasteiger partial charge in [-0.1, -0.05) is 23.7 Å². The maximum absolute atomic E-state index is 12.5. The summed E-state index contributed by atoms with van der Waals surface area (Å²) in [5.74, 6) is 0.730. The predicted molar refractivity (Wildman–Crippen MR) is 123 cm³/mol. The average Bonchev–Trinajstić information content (AvgIpc) is 3.12. The highest BCUT2D eigenvalue weighted by Crippen LogP contribution is 2.23. The van der Waals surface area contributed by atoms with Crippen LogP contribution >= 0.6 is 46.9 Å². The molecule has 0 atom stereocenters. The first-order valence-corrected chi connectivity index (χ1v) is 9.93. The summed E-state index contributed by atoms with van der Waals surface area (Å²) in [4.78, 5) is 19.9. The van der Waals surface area contributed by atoms with Gasteiger partial charge in [-0.15, -0.1) is 35.3 Å². The highest BCUT2D eigenvalue weighted by Gasteiger charge is 2.21. The lowest BCUT2D eigenvalue weighted by Crippen LogP contribution is -2.46. The van der Waals surface area contributed by atoms with Crippen LogP contribution < -0.4 is 10.6 Å². The third kappa shape index (κ3) is 6.36. The molecule has 1 aromatic carbocycles. The van der Waals surface area contributed by atoms with Gasteiger partial charge in [-0.05, 0) is 47.5 Å². The zero-order valence-corrected chi connectivity index (χ0v) is 19.1. The van der Waals surface area contributed by atoms with E-state index < -0.39 is 0 Å². The van der Waals surface area contributed by atoms with Gasteiger partial charge in [0.05, 0.1) is 6.54 Å². The number of carbonyl (C=O) groups excluding carboxylic acids is 1. The fraction of sp³-hybridized carbons (Fsp3) is 0.368. The van der Waals surface area contributed by atoms with Gasteiger partial charge < -0.3 is 15.5 Å². The molecular formula is C19H24ClIN4OS. The Morgan fingerprint density at radius 2 is 2.19 bits per heavy atom. The Hall–Kier alpha value is -1.32. The lowest BCUT2D eigenvalue weighted by Gasteiger charge is -2.27. The Kier molecular flexibility index (Phi) is 8.85. The molecule has 1 aliphatic rings. The molecule has 2 N–H and O–H groups in total. The topological polar surface area (TPSA) is 56.7 Å². The molecule has 27 heavy (non-hydrogen) atoms. The molecule has 0 aliphatic carbocycles. The van der Waals surface area contributed by atoms with Crippen molar-refractivity contribution in [2.45, 2.75) is 19.4 Å². The minimum Gasteiger partial charge on any atom is -0.356 e. The number of rotatable bonds is 5. The van der Waals surface area contributed by atoms with E-state index in [4.69, 9.17) is 11.6 Å². The number of benzene rings is 1. The molecule has 0 fully saturated rings. The Morgan fingerprint density at radius 3 is 2.96 bits per heavy atom. The fourth-order valence-corrected chi connectivity index (χ4v) is 4.07. The summed E-state index contributed by atoms with van der Waals surface area (Å²) in [7, 11) is 1.71. The zero-order chi connectivity index (χ0) is 18.4. The smallest absolute Gasteiger partial charge is 0.242 e. The third-order valence-corrected chi connectivity index (χ3v) is 5.64. The van der Waals surface area contributed by atoms with Crippen molar-refractivity contribution in [3.63, 3.8) is 0 Å². The molecule has 2 aromatic rings. The summed E-state index contributed by atoms with van der Waals surface area (Å²) < 4.78 is 0. The predicted octanol–water partition coefficient (Wildman–Crippen LogP) is 3.31. The van der Waals surface area contributed by atoms with Crippen LogP contribution in [0.4, 0.5) is 0 Å². The van der Waals surface area contributed by atoms with E-state index in [0.29, 0.717) is 12.5 Å². The van der Waals surface area contributed by atoms with Gasteiger partial charge in [0.15, 0.2) is 5.96 Å². The SMILES string of the molecule is CN=C(NCCc1cccc(Cl)c1)NCC(=O)N1CCc2sccc2C1.I. The molecule has 0 bridgehead atoms. The maximum Gasteiger partial charge on any atom is 0.242 e. The molecule has 3 rings (SSSR count).